The topological polar surface area (TPSA) is 99.9 Å². The van der Waals surface area contributed by atoms with Crippen LogP contribution in [-0.2, 0) is 17.7 Å². The first kappa shape index (κ1) is 18.5. The van der Waals surface area contributed by atoms with Crippen molar-refractivity contribution in [1.82, 2.24) is 9.55 Å². The van der Waals surface area contributed by atoms with E-state index in [1.807, 2.05) is 25.1 Å². The van der Waals surface area contributed by atoms with Gasteiger partial charge in [0, 0.05) is 32.0 Å². The predicted molar refractivity (Wildman–Crippen MR) is 96.2 cm³/mol. The highest BCUT2D eigenvalue weighted by Gasteiger charge is 2.06. The third-order valence-corrected chi connectivity index (χ3v) is 3.90. The molecular weight excluding hydrogens is 320 g/mol. The van der Waals surface area contributed by atoms with Crippen LogP contribution >= 0.6 is 0 Å². The van der Waals surface area contributed by atoms with Gasteiger partial charge in [0.05, 0.1) is 12.5 Å². The molecule has 2 N–H and O–H groups in total. The van der Waals surface area contributed by atoms with Crippen LogP contribution in [0.5, 0.6) is 0 Å². The van der Waals surface area contributed by atoms with Gasteiger partial charge in [0.2, 0.25) is 0 Å². The minimum absolute atomic E-state index is 0.306. The summed E-state index contributed by atoms with van der Waals surface area (Å²) in [6.45, 7) is 2.89. The van der Waals surface area contributed by atoms with Crippen LogP contribution in [0.25, 0.3) is 0 Å². The molecule has 25 heavy (non-hydrogen) atoms. The maximum atomic E-state index is 12.2. The quantitative estimate of drug-likeness (QED) is 0.716. The molecule has 7 nitrogen and oxygen atoms in total. The Kier molecular flexibility index (Phi) is 6.54. The monoisotopic (exact) mass is 342 g/mol. The summed E-state index contributed by atoms with van der Waals surface area (Å²) in [7, 11) is 1.62. The zero-order valence-electron chi connectivity index (χ0n) is 14.5. The number of hydrogen-bond donors (Lipinski definition) is 2. The molecule has 0 amide bonds. The van der Waals surface area contributed by atoms with Crippen molar-refractivity contribution in [2.24, 2.45) is 0 Å². The Labute approximate surface area is 145 Å². The first-order valence-corrected chi connectivity index (χ1v) is 8.11. The van der Waals surface area contributed by atoms with Gasteiger partial charge in [-0.15, -0.1) is 0 Å². The average Bonchev–Trinajstić information content (AvgIpc) is 2.57. The molecule has 0 saturated heterocycles. The molecule has 0 spiro atoms. The van der Waals surface area contributed by atoms with E-state index in [-0.39, 0.29) is 5.56 Å². The van der Waals surface area contributed by atoms with Gasteiger partial charge in [-0.25, -0.2) is 4.79 Å². The number of ether oxygens (including phenoxy) is 1. The molecule has 2 rings (SSSR count). The summed E-state index contributed by atoms with van der Waals surface area (Å²) < 4.78 is 6.14. The molecule has 1 aromatic carbocycles. The zero-order valence-corrected chi connectivity index (χ0v) is 14.5. The molecule has 132 valence electrons. The highest BCUT2D eigenvalue weighted by atomic mass is 16.5. The van der Waals surface area contributed by atoms with Crippen molar-refractivity contribution in [2.45, 2.75) is 32.7 Å². The van der Waals surface area contributed by atoms with E-state index in [9.17, 15) is 9.59 Å². The number of rotatable bonds is 8. The van der Waals surface area contributed by atoms with Gasteiger partial charge in [-0.1, -0.05) is 6.07 Å². The van der Waals surface area contributed by atoms with Crippen LogP contribution in [0.15, 0.2) is 33.9 Å². The van der Waals surface area contributed by atoms with Crippen LogP contribution in [0, 0.1) is 18.3 Å². The number of aryl methyl sites for hydroxylation is 1. The van der Waals surface area contributed by atoms with Crippen molar-refractivity contribution in [3.63, 3.8) is 0 Å². The van der Waals surface area contributed by atoms with Crippen LogP contribution in [0.3, 0.4) is 0 Å². The van der Waals surface area contributed by atoms with Gasteiger partial charge in [0.1, 0.15) is 5.82 Å². The molecule has 0 fully saturated rings. The third kappa shape index (κ3) is 5.06. The third-order valence-electron chi connectivity index (χ3n) is 3.90. The van der Waals surface area contributed by atoms with E-state index in [0.717, 1.165) is 17.5 Å². The molecule has 0 unspecified atom stereocenters. The number of aromatic nitrogens is 2. The summed E-state index contributed by atoms with van der Waals surface area (Å²) in [6.07, 6.45) is 1.79. The lowest BCUT2D eigenvalue weighted by molar-refractivity contribution is 0.191. The van der Waals surface area contributed by atoms with E-state index in [1.165, 1.54) is 10.6 Å². The predicted octanol–water partition coefficient (Wildman–Crippen LogP) is 2.08. The second-order valence-electron chi connectivity index (χ2n) is 5.78. The number of hydrogen-bond acceptors (Lipinski definition) is 5. The standard InChI is InChI=1S/C18H22N4O3/c1-13-5-6-15(11-14(13)7-8-19)20-16-12-17(23)22(18(24)21-16)9-3-4-10-25-2/h5-6,11-12,20H,3-4,7,9-10H2,1-2H3,(H,21,24). The number of nitriles is 1. The van der Waals surface area contributed by atoms with Crippen molar-refractivity contribution >= 4 is 11.5 Å². The smallest absolute Gasteiger partial charge is 0.329 e. The first-order chi connectivity index (χ1) is 12.0. The maximum absolute atomic E-state index is 12.2. The Morgan fingerprint density at radius 2 is 2.08 bits per heavy atom. The van der Waals surface area contributed by atoms with Crippen LogP contribution in [0.2, 0.25) is 0 Å². The van der Waals surface area contributed by atoms with E-state index >= 15 is 0 Å². The fourth-order valence-electron chi connectivity index (χ4n) is 2.50. The Hall–Kier alpha value is -2.85. The van der Waals surface area contributed by atoms with E-state index in [0.29, 0.717) is 37.5 Å². The minimum atomic E-state index is -0.447. The summed E-state index contributed by atoms with van der Waals surface area (Å²) in [4.78, 5) is 27.0. The largest absolute Gasteiger partial charge is 0.385 e. The number of unbranched alkanes of at least 4 members (excludes halogenated alkanes) is 1. The van der Waals surface area contributed by atoms with Gasteiger partial charge in [-0.2, -0.15) is 5.26 Å². The lowest BCUT2D eigenvalue weighted by Crippen LogP contribution is -2.35. The summed E-state index contributed by atoms with van der Waals surface area (Å²) >= 11 is 0. The molecule has 0 atom stereocenters. The second-order valence-corrected chi connectivity index (χ2v) is 5.78. The second kappa shape index (κ2) is 8.85. The van der Waals surface area contributed by atoms with Crippen molar-refractivity contribution in [1.29, 1.82) is 5.26 Å². The van der Waals surface area contributed by atoms with E-state index in [4.69, 9.17) is 10.00 Å². The molecule has 0 saturated carbocycles. The van der Waals surface area contributed by atoms with Gasteiger partial charge in [0.25, 0.3) is 5.56 Å². The number of nitrogens with one attached hydrogen (secondary N) is 2. The Morgan fingerprint density at radius 1 is 1.28 bits per heavy atom. The summed E-state index contributed by atoms with van der Waals surface area (Å²) in [5, 5.41) is 11.9. The molecular formula is C18H22N4O3. The van der Waals surface area contributed by atoms with Crippen molar-refractivity contribution in [3.8, 4) is 6.07 Å². The molecule has 1 heterocycles. The molecule has 2 aromatic rings. The van der Waals surface area contributed by atoms with Gasteiger partial charge >= 0.3 is 5.69 Å². The molecule has 0 aliphatic heterocycles. The summed E-state index contributed by atoms with van der Waals surface area (Å²) in [6, 6.07) is 9.06. The minimum Gasteiger partial charge on any atom is -0.385 e. The Balaban J connectivity index is 2.16. The number of anilines is 2. The fourth-order valence-corrected chi connectivity index (χ4v) is 2.50. The van der Waals surface area contributed by atoms with E-state index < -0.39 is 5.69 Å². The fraction of sp³-hybridized carbons (Fsp3) is 0.389. The number of H-pyrrole nitrogens is 1. The zero-order chi connectivity index (χ0) is 18.2. The van der Waals surface area contributed by atoms with Crippen molar-refractivity contribution < 1.29 is 4.74 Å². The van der Waals surface area contributed by atoms with E-state index in [1.54, 1.807) is 7.11 Å². The molecule has 0 radical (unpaired) electrons. The lowest BCUT2D eigenvalue weighted by atomic mass is 10.1. The Morgan fingerprint density at radius 3 is 2.76 bits per heavy atom. The van der Waals surface area contributed by atoms with Gasteiger partial charge < -0.3 is 10.1 Å². The van der Waals surface area contributed by atoms with Crippen LogP contribution < -0.4 is 16.6 Å². The van der Waals surface area contributed by atoms with Crippen molar-refractivity contribution in [2.75, 3.05) is 19.0 Å². The van der Waals surface area contributed by atoms with Crippen molar-refractivity contribution in [3.05, 3.63) is 56.2 Å². The number of nitrogens with zero attached hydrogens (tertiary/aromatic N) is 2. The molecule has 0 aliphatic rings. The average molecular weight is 342 g/mol. The van der Waals surface area contributed by atoms with Gasteiger partial charge in [0.15, 0.2) is 0 Å². The lowest BCUT2D eigenvalue weighted by Gasteiger charge is -2.10. The Bertz CT molecular complexity index is 846. The molecule has 0 aliphatic carbocycles. The number of benzene rings is 1. The van der Waals surface area contributed by atoms with E-state index in [2.05, 4.69) is 16.4 Å². The van der Waals surface area contributed by atoms with Crippen LogP contribution in [-0.4, -0.2) is 23.3 Å². The molecule has 0 bridgehead atoms. The molecule has 7 heteroatoms. The normalized spacial score (nSPS) is 10.4. The molecule has 1 aromatic heterocycles. The highest BCUT2D eigenvalue weighted by Crippen LogP contribution is 2.18. The van der Waals surface area contributed by atoms with Crippen LogP contribution in [0.4, 0.5) is 11.5 Å². The maximum Gasteiger partial charge on any atom is 0.329 e. The SMILES string of the molecule is COCCCCn1c(=O)cc(Nc2ccc(C)c(CC#N)c2)[nH]c1=O. The summed E-state index contributed by atoms with van der Waals surface area (Å²) in [5.41, 5.74) is 1.84. The number of aromatic amines is 1. The van der Waals surface area contributed by atoms with Gasteiger partial charge in [-0.05, 0) is 43.0 Å². The number of methoxy groups -OCH3 is 1. The van der Waals surface area contributed by atoms with Gasteiger partial charge in [-0.3, -0.25) is 14.3 Å². The highest BCUT2D eigenvalue weighted by molar-refractivity contribution is 5.58. The summed E-state index contributed by atoms with van der Waals surface area (Å²) in [5.74, 6) is 0.329. The van der Waals surface area contributed by atoms with Crippen LogP contribution in [0.1, 0.15) is 24.0 Å². The first-order valence-electron chi connectivity index (χ1n) is 8.11.